The molecule has 0 saturated heterocycles. The fraction of sp³-hybridized carbons (Fsp3) is 0. The molecule has 44 valence electrons. The zero-order valence-corrected chi connectivity index (χ0v) is 4.33. The van der Waals surface area contributed by atoms with Gasteiger partial charge in [0, 0.05) is 0 Å². The minimum Gasteiger partial charge on any atom is -0.282 e. The van der Waals surface area contributed by atoms with E-state index in [1.165, 1.54) is 6.20 Å². The van der Waals surface area contributed by atoms with Crippen LogP contribution in [-0.4, -0.2) is 10.2 Å². The molecule has 0 amide bonds. The Balaban J connectivity index is 3.17. The summed E-state index contributed by atoms with van der Waals surface area (Å²) >= 11 is 0. The van der Waals surface area contributed by atoms with Gasteiger partial charge in [0.1, 0.15) is 6.07 Å². The van der Waals surface area contributed by atoms with E-state index in [4.69, 9.17) is 5.26 Å². The van der Waals surface area contributed by atoms with Crippen LogP contribution in [0.25, 0.3) is 0 Å². The van der Waals surface area contributed by atoms with Crippen LogP contribution in [0.3, 0.4) is 0 Å². The fourth-order valence-electron chi connectivity index (χ4n) is 0.435. The third kappa shape index (κ3) is 0.770. The van der Waals surface area contributed by atoms with Crippen LogP contribution >= 0.6 is 0 Å². The Morgan fingerprint density at radius 1 is 1.89 bits per heavy atom. The van der Waals surface area contributed by atoms with Crippen molar-refractivity contribution in [2.75, 3.05) is 0 Å². The molecule has 5 nitrogen and oxygen atoms in total. The van der Waals surface area contributed by atoms with Crippen LogP contribution in [0.15, 0.2) is 11.4 Å². The van der Waals surface area contributed by atoms with Crippen LogP contribution in [0, 0.1) is 16.2 Å². The second-order valence-corrected chi connectivity index (χ2v) is 1.32. The lowest BCUT2D eigenvalue weighted by Crippen LogP contribution is -1.70. The number of aromatic amines is 1. The molecule has 0 aliphatic rings. The van der Waals surface area contributed by atoms with Crippen LogP contribution in [0.4, 0.5) is 5.69 Å². The van der Waals surface area contributed by atoms with Gasteiger partial charge in [0.15, 0.2) is 11.4 Å². The van der Waals surface area contributed by atoms with Crippen molar-refractivity contribution in [1.82, 2.24) is 10.2 Å². The highest BCUT2D eigenvalue weighted by Crippen LogP contribution is 2.12. The van der Waals surface area contributed by atoms with Crippen molar-refractivity contribution in [2.24, 2.45) is 5.18 Å². The zero-order valence-electron chi connectivity index (χ0n) is 4.33. The second-order valence-electron chi connectivity index (χ2n) is 1.32. The van der Waals surface area contributed by atoms with Gasteiger partial charge in [0.2, 0.25) is 0 Å². The monoisotopic (exact) mass is 122 g/mol. The largest absolute Gasteiger partial charge is 0.282 e. The summed E-state index contributed by atoms with van der Waals surface area (Å²) in [4.78, 5) is 9.79. The summed E-state index contributed by atoms with van der Waals surface area (Å²) in [5, 5.41) is 16.5. The van der Waals surface area contributed by atoms with Crippen LogP contribution in [0.5, 0.6) is 0 Å². The van der Waals surface area contributed by atoms with Crippen molar-refractivity contribution in [3.8, 4) is 6.07 Å². The van der Waals surface area contributed by atoms with Gasteiger partial charge >= 0.3 is 0 Å². The molecule has 0 radical (unpaired) electrons. The Morgan fingerprint density at radius 3 is 3.11 bits per heavy atom. The smallest absolute Gasteiger partial charge is 0.191 e. The molecule has 0 spiro atoms. The SMILES string of the molecule is N#Cc1n[nH]cc1N=O. The Morgan fingerprint density at radius 2 is 2.67 bits per heavy atom. The quantitative estimate of drug-likeness (QED) is 0.556. The van der Waals surface area contributed by atoms with E-state index in [0.717, 1.165) is 0 Å². The molecule has 1 N–H and O–H groups in total. The molecule has 1 aromatic rings. The minimum atomic E-state index is 0.0324. The van der Waals surface area contributed by atoms with E-state index >= 15 is 0 Å². The number of H-pyrrole nitrogens is 1. The lowest BCUT2D eigenvalue weighted by atomic mass is 10.4. The van der Waals surface area contributed by atoms with E-state index in [1.807, 2.05) is 0 Å². The number of nitrogens with zero attached hydrogens (tertiary/aromatic N) is 3. The van der Waals surface area contributed by atoms with Crippen LogP contribution in [0.1, 0.15) is 5.69 Å². The van der Waals surface area contributed by atoms with Gasteiger partial charge in [0.05, 0.1) is 6.20 Å². The van der Waals surface area contributed by atoms with Gasteiger partial charge in [-0.15, -0.1) is 4.91 Å². The van der Waals surface area contributed by atoms with Gasteiger partial charge in [-0.25, -0.2) is 0 Å². The van der Waals surface area contributed by atoms with Crippen molar-refractivity contribution in [3.05, 3.63) is 16.8 Å². The average Bonchev–Trinajstić information content (AvgIpc) is 2.33. The van der Waals surface area contributed by atoms with E-state index in [9.17, 15) is 4.91 Å². The highest BCUT2D eigenvalue weighted by molar-refractivity contribution is 5.46. The van der Waals surface area contributed by atoms with Crippen molar-refractivity contribution < 1.29 is 0 Å². The Bertz CT molecular complexity index is 258. The molecule has 0 unspecified atom stereocenters. The van der Waals surface area contributed by atoms with Crippen LogP contribution in [0.2, 0.25) is 0 Å². The molecular weight excluding hydrogens is 120 g/mol. The fourth-order valence-corrected chi connectivity index (χ4v) is 0.435. The first-order chi connectivity index (χ1) is 4.38. The van der Waals surface area contributed by atoms with Crippen molar-refractivity contribution in [1.29, 1.82) is 5.26 Å². The molecule has 5 heteroatoms. The van der Waals surface area contributed by atoms with E-state index in [-0.39, 0.29) is 11.4 Å². The van der Waals surface area contributed by atoms with Crippen molar-refractivity contribution in [3.63, 3.8) is 0 Å². The van der Waals surface area contributed by atoms with Gasteiger partial charge in [-0.3, -0.25) is 5.10 Å². The first-order valence-electron chi connectivity index (χ1n) is 2.15. The average molecular weight is 122 g/mol. The second kappa shape index (κ2) is 2.05. The molecule has 0 saturated carbocycles. The number of hydrogen-bond donors (Lipinski definition) is 1. The lowest BCUT2D eigenvalue weighted by Gasteiger charge is -1.72. The zero-order chi connectivity index (χ0) is 6.69. The minimum absolute atomic E-state index is 0.0324. The summed E-state index contributed by atoms with van der Waals surface area (Å²) in [6, 6.07) is 1.69. The molecule has 0 bridgehead atoms. The number of nitroso groups, excluding NO2 is 1. The number of nitrogens with one attached hydrogen (secondary N) is 1. The summed E-state index contributed by atoms with van der Waals surface area (Å²) in [5.41, 5.74) is 0.0856. The maximum Gasteiger partial charge on any atom is 0.191 e. The molecule has 0 aliphatic carbocycles. The van der Waals surface area contributed by atoms with E-state index in [0.29, 0.717) is 0 Å². The van der Waals surface area contributed by atoms with Gasteiger partial charge in [-0.1, -0.05) is 0 Å². The Kier molecular flexibility index (Phi) is 1.24. The third-order valence-corrected chi connectivity index (χ3v) is 0.824. The molecule has 0 atom stereocenters. The van der Waals surface area contributed by atoms with Gasteiger partial charge in [-0.05, 0) is 5.18 Å². The summed E-state index contributed by atoms with van der Waals surface area (Å²) < 4.78 is 0. The number of nitriles is 1. The highest BCUT2D eigenvalue weighted by Gasteiger charge is 2.01. The Labute approximate surface area is 50.3 Å². The predicted molar refractivity (Wildman–Crippen MR) is 28.8 cm³/mol. The molecule has 9 heavy (non-hydrogen) atoms. The summed E-state index contributed by atoms with van der Waals surface area (Å²) in [6.07, 6.45) is 1.27. The molecule has 0 aliphatic heterocycles. The maximum atomic E-state index is 9.79. The van der Waals surface area contributed by atoms with E-state index in [1.54, 1.807) is 6.07 Å². The van der Waals surface area contributed by atoms with Gasteiger partial charge in [0.25, 0.3) is 0 Å². The van der Waals surface area contributed by atoms with Crippen molar-refractivity contribution in [2.45, 2.75) is 0 Å². The first kappa shape index (κ1) is 5.44. The van der Waals surface area contributed by atoms with Crippen molar-refractivity contribution >= 4 is 5.69 Å². The van der Waals surface area contributed by atoms with Gasteiger partial charge < -0.3 is 0 Å². The lowest BCUT2D eigenvalue weighted by molar-refractivity contribution is 1.07. The topological polar surface area (TPSA) is 81.9 Å². The van der Waals surface area contributed by atoms with Crippen LogP contribution < -0.4 is 0 Å². The molecule has 1 rings (SSSR count). The maximum absolute atomic E-state index is 9.79. The summed E-state index contributed by atoms with van der Waals surface area (Å²) in [6.45, 7) is 0. The number of hydrogen-bond acceptors (Lipinski definition) is 4. The molecular formula is C4H2N4O. The molecule has 0 fully saturated rings. The number of rotatable bonds is 1. The summed E-state index contributed by atoms with van der Waals surface area (Å²) in [5.74, 6) is 0. The first-order valence-corrected chi connectivity index (χ1v) is 2.15. The van der Waals surface area contributed by atoms with E-state index < -0.39 is 0 Å². The van der Waals surface area contributed by atoms with Gasteiger partial charge in [-0.2, -0.15) is 10.4 Å². The normalized spacial score (nSPS) is 8.33. The Hall–Kier alpha value is -1.70. The standard InChI is InChI=1S/C4H2N4O/c5-1-3-4(8-9)2-6-7-3/h2H,(H,6,7). The molecule has 1 aromatic heterocycles. The van der Waals surface area contributed by atoms with E-state index in [2.05, 4.69) is 15.4 Å². The highest BCUT2D eigenvalue weighted by atomic mass is 16.3. The molecule has 1 heterocycles. The molecule has 0 aromatic carbocycles. The van der Waals surface area contributed by atoms with Crippen LogP contribution in [-0.2, 0) is 0 Å². The number of aromatic nitrogens is 2. The summed E-state index contributed by atoms with van der Waals surface area (Å²) in [7, 11) is 0. The third-order valence-electron chi connectivity index (χ3n) is 0.824. The predicted octanol–water partition coefficient (Wildman–Crippen LogP) is 0.679.